The Morgan fingerprint density at radius 2 is 1.92 bits per heavy atom. The Morgan fingerprint density at radius 1 is 1.18 bits per heavy atom. The van der Waals surface area contributed by atoms with E-state index < -0.39 is 18.0 Å². The second-order valence-electron chi connectivity index (χ2n) is 10.7. The lowest BCUT2D eigenvalue weighted by atomic mass is 9.72. The summed E-state index contributed by atoms with van der Waals surface area (Å²) in [6.45, 7) is 8.23. The number of ether oxygens (including phenoxy) is 1. The fourth-order valence-electron chi connectivity index (χ4n) is 4.86. The van der Waals surface area contributed by atoms with E-state index in [0.717, 1.165) is 29.7 Å². The summed E-state index contributed by atoms with van der Waals surface area (Å²) in [4.78, 5) is 31.8. The number of nitrogens with zero attached hydrogens (tertiary/aromatic N) is 2. The van der Waals surface area contributed by atoms with Gasteiger partial charge in [-0.25, -0.2) is 9.78 Å². The van der Waals surface area contributed by atoms with Crippen LogP contribution in [0.25, 0.3) is 22.6 Å². The lowest BCUT2D eigenvalue weighted by Gasteiger charge is -2.33. The van der Waals surface area contributed by atoms with E-state index in [0.29, 0.717) is 39.0 Å². The molecule has 2 aromatic heterocycles. The van der Waals surface area contributed by atoms with Crippen LogP contribution >= 0.6 is 11.3 Å². The summed E-state index contributed by atoms with van der Waals surface area (Å²) in [6, 6.07) is 16.5. The van der Waals surface area contributed by atoms with E-state index in [4.69, 9.17) is 9.15 Å². The molecular formula is C30H29N3O4S. The van der Waals surface area contributed by atoms with Crippen LogP contribution in [0.1, 0.15) is 60.5 Å². The van der Waals surface area contributed by atoms with Crippen molar-refractivity contribution in [2.45, 2.75) is 53.1 Å². The van der Waals surface area contributed by atoms with Crippen LogP contribution in [0, 0.1) is 22.7 Å². The zero-order valence-corrected chi connectivity index (χ0v) is 22.6. The number of amides is 1. The zero-order valence-electron chi connectivity index (χ0n) is 21.8. The molecule has 4 aromatic rings. The number of carbonyl (C=O) groups is 2. The highest BCUT2D eigenvalue weighted by Gasteiger charge is 2.33. The second-order valence-corrected chi connectivity index (χ2v) is 11.8. The van der Waals surface area contributed by atoms with Gasteiger partial charge in [-0.1, -0.05) is 45.0 Å². The van der Waals surface area contributed by atoms with Crippen LogP contribution in [0.3, 0.4) is 0 Å². The van der Waals surface area contributed by atoms with Crippen molar-refractivity contribution in [2.24, 2.45) is 11.3 Å². The summed E-state index contributed by atoms with van der Waals surface area (Å²) in [7, 11) is 0. The maximum atomic E-state index is 13.1. The lowest BCUT2D eigenvalue weighted by molar-refractivity contribution is -0.123. The second kappa shape index (κ2) is 10.1. The number of carbonyl (C=O) groups excluding carboxylic acids is 2. The summed E-state index contributed by atoms with van der Waals surface area (Å²) < 4.78 is 11.4. The van der Waals surface area contributed by atoms with Crippen molar-refractivity contribution in [3.05, 3.63) is 70.1 Å². The van der Waals surface area contributed by atoms with Gasteiger partial charge in [-0.15, -0.1) is 11.3 Å². The topological polar surface area (TPSA) is 105 Å². The summed E-state index contributed by atoms with van der Waals surface area (Å²) >= 11 is 1.45. The minimum absolute atomic E-state index is 0.175. The third-order valence-electron chi connectivity index (χ3n) is 7.16. The molecule has 38 heavy (non-hydrogen) atoms. The SMILES string of the molecule is CC(OC(=O)c1ccccc1-c1nc2ccccc2o1)C(=O)Nc1sc2c(c1C#N)CCC(C(C)(C)C)C2. The first-order valence-corrected chi connectivity index (χ1v) is 13.5. The number of rotatable bonds is 5. The third kappa shape index (κ3) is 4.94. The average molecular weight is 528 g/mol. The molecule has 0 saturated heterocycles. The first kappa shape index (κ1) is 25.7. The summed E-state index contributed by atoms with van der Waals surface area (Å²) in [5.41, 5.74) is 3.74. The van der Waals surface area contributed by atoms with E-state index in [1.165, 1.54) is 18.3 Å². The maximum Gasteiger partial charge on any atom is 0.339 e. The Labute approximate surface area is 225 Å². The van der Waals surface area contributed by atoms with Gasteiger partial charge in [-0.05, 0) is 67.3 Å². The minimum atomic E-state index is -1.08. The van der Waals surface area contributed by atoms with Crippen molar-refractivity contribution in [3.63, 3.8) is 0 Å². The van der Waals surface area contributed by atoms with Gasteiger partial charge < -0.3 is 14.5 Å². The first-order valence-electron chi connectivity index (χ1n) is 12.7. The van der Waals surface area contributed by atoms with Crippen molar-refractivity contribution >= 4 is 39.3 Å². The molecule has 1 aliphatic rings. The van der Waals surface area contributed by atoms with Gasteiger partial charge in [0.1, 0.15) is 16.6 Å². The van der Waals surface area contributed by atoms with Crippen molar-refractivity contribution in [1.29, 1.82) is 5.26 Å². The van der Waals surface area contributed by atoms with E-state index >= 15 is 0 Å². The van der Waals surface area contributed by atoms with Crippen LogP contribution in [0.4, 0.5) is 5.00 Å². The van der Waals surface area contributed by atoms with Crippen LogP contribution in [0.15, 0.2) is 52.9 Å². The van der Waals surface area contributed by atoms with Crippen LogP contribution < -0.4 is 5.32 Å². The number of hydrogen-bond donors (Lipinski definition) is 1. The lowest BCUT2D eigenvalue weighted by Crippen LogP contribution is -2.30. The number of benzene rings is 2. The number of aromatic nitrogens is 1. The molecule has 1 aliphatic carbocycles. The average Bonchev–Trinajstić information content (AvgIpc) is 3.48. The molecule has 2 aromatic carbocycles. The number of fused-ring (bicyclic) bond motifs is 2. The first-order chi connectivity index (χ1) is 18.2. The predicted octanol–water partition coefficient (Wildman–Crippen LogP) is 6.76. The van der Waals surface area contributed by atoms with Gasteiger partial charge in [0.05, 0.1) is 16.7 Å². The number of anilines is 1. The number of para-hydroxylation sites is 2. The highest BCUT2D eigenvalue weighted by molar-refractivity contribution is 7.16. The number of nitrogens with one attached hydrogen (secondary N) is 1. The fraction of sp³-hybridized carbons (Fsp3) is 0.333. The van der Waals surface area contributed by atoms with E-state index in [9.17, 15) is 14.9 Å². The van der Waals surface area contributed by atoms with Crippen LogP contribution in [-0.2, 0) is 22.4 Å². The molecule has 5 rings (SSSR count). The Kier molecular flexibility index (Phi) is 6.80. The van der Waals surface area contributed by atoms with Gasteiger partial charge in [-0.2, -0.15) is 5.26 Å². The molecule has 7 nitrogen and oxygen atoms in total. The Bertz CT molecular complexity index is 1540. The highest BCUT2D eigenvalue weighted by Crippen LogP contribution is 2.44. The smallest absolute Gasteiger partial charge is 0.339 e. The molecule has 2 heterocycles. The van der Waals surface area contributed by atoms with Crippen molar-refractivity contribution < 1.29 is 18.7 Å². The predicted molar refractivity (Wildman–Crippen MR) is 147 cm³/mol. The van der Waals surface area contributed by atoms with Crippen LogP contribution in [-0.4, -0.2) is 23.0 Å². The van der Waals surface area contributed by atoms with Gasteiger partial charge >= 0.3 is 5.97 Å². The molecule has 0 aliphatic heterocycles. The number of hydrogen-bond acceptors (Lipinski definition) is 7. The van der Waals surface area contributed by atoms with Gasteiger partial charge in [0.25, 0.3) is 5.91 Å². The standard InChI is InChI=1S/C30H29N3O4S/c1-17(26(34)33-28-22(16-31)19-14-13-18(30(2,3)4)15-25(19)38-28)36-29(35)21-10-6-5-9-20(21)27-32-23-11-7-8-12-24(23)37-27/h5-12,17-18H,13-15H2,1-4H3,(H,33,34). The van der Waals surface area contributed by atoms with Gasteiger partial charge in [0.15, 0.2) is 11.7 Å². The molecule has 2 atom stereocenters. The maximum absolute atomic E-state index is 13.1. The number of thiophene rings is 1. The highest BCUT2D eigenvalue weighted by atomic mass is 32.1. The number of oxazole rings is 1. The van der Waals surface area contributed by atoms with E-state index in [2.05, 4.69) is 37.1 Å². The molecule has 0 spiro atoms. The molecule has 0 saturated carbocycles. The molecule has 2 unspecified atom stereocenters. The molecule has 0 bridgehead atoms. The quantitative estimate of drug-likeness (QED) is 0.287. The van der Waals surface area contributed by atoms with E-state index in [-0.39, 0.29) is 11.0 Å². The van der Waals surface area contributed by atoms with Crippen molar-refractivity contribution in [1.82, 2.24) is 4.98 Å². The number of nitriles is 1. The van der Waals surface area contributed by atoms with Crippen molar-refractivity contribution in [2.75, 3.05) is 5.32 Å². The molecular weight excluding hydrogens is 498 g/mol. The largest absolute Gasteiger partial charge is 0.449 e. The van der Waals surface area contributed by atoms with Crippen molar-refractivity contribution in [3.8, 4) is 17.5 Å². The number of esters is 1. The molecule has 8 heteroatoms. The molecule has 1 amide bonds. The monoisotopic (exact) mass is 527 g/mol. The summed E-state index contributed by atoms with van der Waals surface area (Å²) in [5.74, 6) is -0.332. The molecule has 1 N–H and O–H groups in total. The molecule has 0 fully saturated rings. The van der Waals surface area contributed by atoms with Gasteiger partial charge in [-0.3, -0.25) is 4.79 Å². The van der Waals surface area contributed by atoms with E-state index in [1.54, 1.807) is 30.3 Å². The third-order valence-corrected chi connectivity index (χ3v) is 8.33. The zero-order chi connectivity index (χ0) is 27.0. The van der Waals surface area contributed by atoms with Gasteiger partial charge in [0, 0.05) is 4.88 Å². The van der Waals surface area contributed by atoms with Crippen LogP contribution in [0.5, 0.6) is 0 Å². The minimum Gasteiger partial charge on any atom is -0.449 e. The normalized spacial score (nSPS) is 15.9. The Hall–Kier alpha value is -3.96. The Balaban J connectivity index is 1.32. The van der Waals surface area contributed by atoms with E-state index in [1.807, 2.05) is 18.2 Å². The molecule has 0 radical (unpaired) electrons. The fourth-order valence-corrected chi connectivity index (χ4v) is 6.14. The Morgan fingerprint density at radius 3 is 2.66 bits per heavy atom. The summed E-state index contributed by atoms with van der Waals surface area (Å²) in [5, 5.41) is 13.2. The summed E-state index contributed by atoms with van der Waals surface area (Å²) in [6.07, 6.45) is 1.66. The molecule has 194 valence electrons. The van der Waals surface area contributed by atoms with Gasteiger partial charge in [0.2, 0.25) is 5.89 Å². The van der Waals surface area contributed by atoms with Crippen LogP contribution in [0.2, 0.25) is 0 Å².